The van der Waals surface area contributed by atoms with Crippen molar-refractivity contribution in [2.24, 2.45) is 0 Å². The molecule has 6 nitrogen and oxygen atoms in total. The molecule has 0 fully saturated rings. The summed E-state index contributed by atoms with van der Waals surface area (Å²) >= 11 is 0. The molecule has 1 aromatic carbocycles. The number of nitriles is 1. The van der Waals surface area contributed by atoms with E-state index in [4.69, 9.17) is 5.26 Å². The third-order valence-corrected chi connectivity index (χ3v) is 2.23. The van der Waals surface area contributed by atoms with E-state index >= 15 is 0 Å². The Morgan fingerprint density at radius 2 is 1.89 bits per heavy atom. The number of benzene rings is 1. The summed E-state index contributed by atoms with van der Waals surface area (Å²) < 4.78 is 26.5. The van der Waals surface area contributed by atoms with Crippen LogP contribution >= 0.6 is 0 Å². The fourth-order valence-electron chi connectivity index (χ4n) is 1.36. The van der Waals surface area contributed by atoms with Gasteiger partial charge in [0.05, 0.1) is 23.5 Å². The van der Waals surface area contributed by atoms with Crippen molar-refractivity contribution in [2.45, 2.75) is 18.6 Å². The molecule has 1 aromatic rings. The Balaban J connectivity index is 3.14. The van der Waals surface area contributed by atoms with Crippen molar-refractivity contribution >= 4 is 5.69 Å². The van der Waals surface area contributed by atoms with Gasteiger partial charge < -0.3 is 10.2 Å². The van der Waals surface area contributed by atoms with E-state index in [0.717, 1.165) is 0 Å². The number of aliphatic hydroxyl groups is 2. The largest absolute Gasteiger partial charge is 0.389 e. The molecule has 0 saturated carbocycles. The fraction of sp³-hybridized carbons (Fsp3) is 0.300. The third-order valence-electron chi connectivity index (χ3n) is 2.23. The smallest absolute Gasteiger partial charge is 0.340 e. The highest BCUT2D eigenvalue weighted by molar-refractivity contribution is 5.38. The molecule has 0 aliphatic heterocycles. The molecule has 0 aromatic heterocycles. The average molecular weight is 258 g/mol. The van der Waals surface area contributed by atoms with Gasteiger partial charge >= 0.3 is 5.69 Å². The van der Waals surface area contributed by atoms with Crippen LogP contribution in [0.4, 0.5) is 14.5 Å². The lowest BCUT2D eigenvalue weighted by Crippen LogP contribution is -2.18. The molecule has 0 bridgehead atoms. The van der Waals surface area contributed by atoms with Gasteiger partial charge in [-0.05, 0) is 17.7 Å². The molecule has 0 aliphatic rings. The van der Waals surface area contributed by atoms with Gasteiger partial charge in [-0.15, -0.1) is 0 Å². The van der Waals surface area contributed by atoms with Crippen LogP contribution in [-0.4, -0.2) is 21.2 Å². The lowest BCUT2D eigenvalue weighted by Gasteiger charge is -2.15. The molecular weight excluding hydrogens is 250 g/mol. The first-order valence-electron chi connectivity index (χ1n) is 4.75. The molecule has 0 heterocycles. The van der Waals surface area contributed by atoms with Crippen LogP contribution in [0.15, 0.2) is 12.1 Å². The number of rotatable bonds is 4. The highest BCUT2D eigenvalue weighted by Crippen LogP contribution is 2.27. The molecule has 1 rings (SSSR count). The summed E-state index contributed by atoms with van der Waals surface area (Å²) in [6.45, 7) is 0. The summed E-state index contributed by atoms with van der Waals surface area (Å²) in [5.74, 6) is -2.92. The van der Waals surface area contributed by atoms with Gasteiger partial charge in [-0.25, -0.2) is 0 Å². The monoisotopic (exact) mass is 258 g/mol. The zero-order chi connectivity index (χ0) is 13.9. The minimum atomic E-state index is -1.70. The first-order chi connectivity index (χ1) is 8.38. The molecule has 18 heavy (non-hydrogen) atoms. The molecule has 0 amide bonds. The maximum Gasteiger partial charge on any atom is 0.340 e. The predicted octanol–water partition coefficient (Wildman–Crippen LogP) is 1.18. The van der Waals surface area contributed by atoms with Gasteiger partial charge in [0, 0.05) is 0 Å². The molecule has 2 unspecified atom stereocenters. The van der Waals surface area contributed by atoms with Crippen molar-refractivity contribution in [3.05, 3.63) is 39.4 Å². The molecule has 96 valence electrons. The standard InChI is InChI=1S/C10H8F2N2O4/c11-6-3-5(10(16)8(15)1-2-13)4-7(12)9(6)14(17)18/h3-4,8,10,15-16H,1H2. The first-order valence-corrected chi connectivity index (χ1v) is 4.75. The molecule has 0 spiro atoms. The van der Waals surface area contributed by atoms with E-state index in [-0.39, 0.29) is 5.56 Å². The summed E-state index contributed by atoms with van der Waals surface area (Å²) in [6, 6.07) is 2.67. The molecule has 0 aliphatic carbocycles. The summed E-state index contributed by atoms with van der Waals surface area (Å²) in [5.41, 5.74) is -1.71. The van der Waals surface area contributed by atoms with Crippen LogP contribution in [0.3, 0.4) is 0 Å². The summed E-state index contributed by atoms with van der Waals surface area (Å²) in [5, 5.41) is 37.4. The summed E-state index contributed by atoms with van der Waals surface area (Å²) in [7, 11) is 0. The number of nitrogens with zero attached hydrogens (tertiary/aromatic N) is 2. The molecule has 0 saturated heterocycles. The Morgan fingerprint density at radius 1 is 1.39 bits per heavy atom. The zero-order valence-electron chi connectivity index (χ0n) is 8.88. The number of nitro groups is 1. The SMILES string of the molecule is N#CCC(O)C(O)c1cc(F)c([N+](=O)[O-])c(F)c1. The van der Waals surface area contributed by atoms with Crippen LogP contribution in [-0.2, 0) is 0 Å². The van der Waals surface area contributed by atoms with E-state index in [1.165, 1.54) is 0 Å². The zero-order valence-corrected chi connectivity index (χ0v) is 8.88. The topological polar surface area (TPSA) is 107 Å². The normalized spacial score (nSPS) is 13.7. The van der Waals surface area contributed by atoms with Crippen molar-refractivity contribution < 1.29 is 23.9 Å². The molecule has 2 atom stereocenters. The lowest BCUT2D eigenvalue weighted by molar-refractivity contribution is -0.390. The van der Waals surface area contributed by atoms with Gasteiger partial charge in [0.25, 0.3) is 0 Å². The first kappa shape index (κ1) is 14.0. The number of hydrogen-bond acceptors (Lipinski definition) is 5. The van der Waals surface area contributed by atoms with Crippen molar-refractivity contribution in [2.75, 3.05) is 0 Å². The van der Waals surface area contributed by atoms with E-state index in [9.17, 15) is 29.1 Å². The van der Waals surface area contributed by atoms with E-state index < -0.39 is 40.9 Å². The van der Waals surface area contributed by atoms with Crippen molar-refractivity contribution in [3.63, 3.8) is 0 Å². The number of nitro benzene ring substituents is 1. The van der Waals surface area contributed by atoms with E-state index in [1.54, 1.807) is 6.07 Å². The van der Waals surface area contributed by atoms with Gasteiger partial charge in [-0.3, -0.25) is 10.1 Å². The maximum atomic E-state index is 13.2. The van der Waals surface area contributed by atoms with Gasteiger partial charge in [-0.1, -0.05) is 0 Å². The van der Waals surface area contributed by atoms with E-state index in [0.29, 0.717) is 12.1 Å². The highest BCUT2D eigenvalue weighted by atomic mass is 19.1. The Hall–Kier alpha value is -2.11. The Bertz CT molecular complexity index is 492. The number of hydrogen-bond donors (Lipinski definition) is 2. The fourth-order valence-corrected chi connectivity index (χ4v) is 1.36. The highest BCUT2D eigenvalue weighted by Gasteiger charge is 2.26. The van der Waals surface area contributed by atoms with Crippen LogP contribution < -0.4 is 0 Å². The molecule has 2 N–H and O–H groups in total. The average Bonchev–Trinajstić information content (AvgIpc) is 2.26. The van der Waals surface area contributed by atoms with Gasteiger partial charge in [0.1, 0.15) is 6.10 Å². The van der Waals surface area contributed by atoms with E-state index in [1.807, 2.05) is 0 Å². The third kappa shape index (κ3) is 2.77. The minimum absolute atomic E-state index is 0.377. The van der Waals surface area contributed by atoms with Gasteiger partial charge in [0.15, 0.2) is 0 Å². The quantitative estimate of drug-likeness (QED) is 0.622. The van der Waals surface area contributed by atoms with Crippen LogP contribution in [0.25, 0.3) is 0 Å². The molecule has 8 heteroatoms. The molecular formula is C10H8F2N2O4. The Kier molecular flexibility index (Phi) is 4.25. The summed E-state index contributed by atoms with van der Waals surface area (Å²) in [6.07, 6.45) is -3.67. The number of halogens is 2. The minimum Gasteiger partial charge on any atom is -0.389 e. The summed E-state index contributed by atoms with van der Waals surface area (Å²) in [4.78, 5) is 9.10. The van der Waals surface area contributed by atoms with Crippen LogP contribution in [0.5, 0.6) is 0 Å². The van der Waals surface area contributed by atoms with Crippen molar-refractivity contribution in [3.8, 4) is 6.07 Å². The number of aliphatic hydroxyl groups excluding tert-OH is 2. The maximum absolute atomic E-state index is 13.2. The second-order valence-corrected chi connectivity index (χ2v) is 3.46. The second kappa shape index (κ2) is 5.48. The van der Waals surface area contributed by atoms with Crippen LogP contribution in [0.1, 0.15) is 18.1 Å². The Morgan fingerprint density at radius 3 is 2.28 bits per heavy atom. The van der Waals surface area contributed by atoms with Crippen molar-refractivity contribution in [1.82, 2.24) is 0 Å². The van der Waals surface area contributed by atoms with E-state index in [2.05, 4.69) is 0 Å². The van der Waals surface area contributed by atoms with Gasteiger partial charge in [-0.2, -0.15) is 14.0 Å². The Labute approximate surface area is 99.9 Å². The van der Waals surface area contributed by atoms with Crippen LogP contribution in [0.2, 0.25) is 0 Å². The van der Waals surface area contributed by atoms with Crippen LogP contribution in [0, 0.1) is 33.1 Å². The predicted molar refractivity (Wildman–Crippen MR) is 54.2 cm³/mol. The molecule has 0 radical (unpaired) electrons. The van der Waals surface area contributed by atoms with Gasteiger partial charge in [0.2, 0.25) is 11.6 Å². The van der Waals surface area contributed by atoms with Crippen molar-refractivity contribution in [1.29, 1.82) is 5.26 Å². The lowest BCUT2D eigenvalue weighted by atomic mass is 10.0. The second-order valence-electron chi connectivity index (χ2n) is 3.46.